The van der Waals surface area contributed by atoms with Crippen molar-refractivity contribution < 1.29 is 0 Å². The quantitative estimate of drug-likeness (QED) is 0.577. The zero-order chi connectivity index (χ0) is 14.2. The van der Waals surface area contributed by atoms with Crippen LogP contribution >= 0.6 is 11.8 Å². The van der Waals surface area contributed by atoms with Crippen LogP contribution in [0.3, 0.4) is 0 Å². The van der Waals surface area contributed by atoms with Gasteiger partial charge in [0.2, 0.25) is 0 Å². The Hall–Kier alpha value is -2.43. The smallest absolute Gasteiger partial charge is 0.284 e. The van der Waals surface area contributed by atoms with E-state index in [1.165, 1.54) is 14.1 Å². The predicted octanol–water partition coefficient (Wildman–Crippen LogP) is -2.60. The van der Waals surface area contributed by atoms with Crippen LogP contribution in [-0.4, -0.2) is 29.5 Å². The Morgan fingerprint density at radius 3 is 1.58 bits per heavy atom. The van der Waals surface area contributed by atoms with E-state index in [4.69, 9.17) is 0 Å². The van der Waals surface area contributed by atoms with Crippen molar-refractivity contribution in [2.45, 2.75) is 10.3 Å². The first-order valence-electron chi connectivity index (χ1n) is 4.91. The molecule has 0 saturated carbocycles. The molecule has 0 aliphatic rings. The fraction of sp³-hybridized carbons (Fsp3) is 0.250. The molecule has 0 amide bonds. The maximum atomic E-state index is 11.4. The Morgan fingerprint density at radius 1 is 0.842 bits per heavy atom. The average molecular weight is 284 g/mol. The molecule has 2 aromatic heterocycles. The minimum atomic E-state index is -0.852. The summed E-state index contributed by atoms with van der Waals surface area (Å²) in [5, 5.41) is 11.6. The third-order valence-corrected chi connectivity index (χ3v) is 3.36. The second-order valence-electron chi connectivity index (χ2n) is 3.50. The summed E-state index contributed by atoms with van der Waals surface area (Å²) in [5.41, 5.74) is -3.27. The summed E-state index contributed by atoms with van der Waals surface area (Å²) >= 11 is 0.850. The van der Waals surface area contributed by atoms with Crippen molar-refractivity contribution in [1.82, 2.24) is 29.5 Å². The largest absolute Gasteiger partial charge is 0.330 e. The maximum Gasteiger partial charge on any atom is 0.330 e. The van der Waals surface area contributed by atoms with Gasteiger partial charge >= 0.3 is 22.2 Å². The standard InChI is InChI=1S/C8H8N6O4S/c1-13-5(17)3(15)9-11-7(13)19-8-12-10-4(16)6(18)14(8)2/h1-2H3,(H,9,15)(H,10,16). The van der Waals surface area contributed by atoms with Crippen LogP contribution in [0.25, 0.3) is 0 Å². The molecule has 100 valence electrons. The molecule has 2 heterocycles. The summed E-state index contributed by atoms with van der Waals surface area (Å²) in [6.07, 6.45) is 0. The second kappa shape index (κ2) is 4.68. The second-order valence-corrected chi connectivity index (χ2v) is 4.44. The first-order valence-corrected chi connectivity index (χ1v) is 5.72. The molecular weight excluding hydrogens is 276 g/mol. The van der Waals surface area contributed by atoms with E-state index < -0.39 is 22.2 Å². The first-order chi connectivity index (χ1) is 8.91. The Balaban J connectivity index is 2.55. The van der Waals surface area contributed by atoms with E-state index >= 15 is 0 Å². The van der Waals surface area contributed by atoms with E-state index in [1.807, 2.05) is 10.2 Å². The van der Waals surface area contributed by atoms with Gasteiger partial charge in [-0.05, 0) is 11.8 Å². The van der Waals surface area contributed by atoms with Gasteiger partial charge in [-0.3, -0.25) is 28.3 Å². The van der Waals surface area contributed by atoms with Gasteiger partial charge in [-0.1, -0.05) is 0 Å². The van der Waals surface area contributed by atoms with Crippen molar-refractivity contribution in [3.05, 3.63) is 41.4 Å². The van der Waals surface area contributed by atoms with Crippen molar-refractivity contribution in [3.63, 3.8) is 0 Å². The number of hydrogen-bond acceptors (Lipinski definition) is 7. The van der Waals surface area contributed by atoms with Crippen LogP contribution in [-0.2, 0) is 14.1 Å². The molecule has 0 aromatic carbocycles. The lowest BCUT2D eigenvalue weighted by molar-refractivity contribution is 0.622. The third kappa shape index (κ3) is 2.27. The van der Waals surface area contributed by atoms with Crippen molar-refractivity contribution in [1.29, 1.82) is 0 Å². The zero-order valence-corrected chi connectivity index (χ0v) is 10.6. The lowest BCUT2D eigenvalue weighted by atomic mass is 10.8. The Morgan fingerprint density at radius 2 is 1.21 bits per heavy atom. The molecule has 0 bridgehead atoms. The molecule has 0 aliphatic heterocycles. The Kier molecular flexibility index (Phi) is 3.21. The Labute approximate surface area is 108 Å². The molecule has 10 nitrogen and oxygen atoms in total. The SMILES string of the molecule is Cn1c(Sc2n[nH]c(=O)c(=O)n2C)n[nH]c(=O)c1=O. The highest BCUT2D eigenvalue weighted by atomic mass is 32.2. The van der Waals surface area contributed by atoms with E-state index in [0.29, 0.717) is 0 Å². The lowest BCUT2D eigenvalue weighted by Gasteiger charge is -2.06. The van der Waals surface area contributed by atoms with Gasteiger partial charge in [0.05, 0.1) is 0 Å². The van der Waals surface area contributed by atoms with Crippen LogP contribution < -0.4 is 22.2 Å². The van der Waals surface area contributed by atoms with E-state index in [1.54, 1.807) is 0 Å². The molecule has 0 saturated heterocycles. The van der Waals surface area contributed by atoms with Crippen molar-refractivity contribution in [2.75, 3.05) is 0 Å². The molecule has 0 spiro atoms. The summed E-state index contributed by atoms with van der Waals surface area (Å²) in [7, 11) is 2.72. The Bertz CT molecular complexity index is 788. The van der Waals surface area contributed by atoms with Crippen molar-refractivity contribution in [2.24, 2.45) is 14.1 Å². The summed E-state index contributed by atoms with van der Waals surface area (Å²) in [6.45, 7) is 0. The molecule has 0 atom stereocenters. The molecule has 2 rings (SSSR count). The number of aromatic amines is 2. The average Bonchev–Trinajstić information content (AvgIpc) is 2.39. The highest BCUT2D eigenvalue weighted by molar-refractivity contribution is 7.99. The predicted molar refractivity (Wildman–Crippen MR) is 64.3 cm³/mol. The minimum Gasteiger partial charge on any atom is -0.284 e. The molecule has 0 fully saturated rings. The van der Waals surface area contributed by atoms with Crippen LogP contribution in [0.1, 0.15) is 0 Å². The van der Waals surface area contributed by atoms with Gasteiger partial charge < -0.3 is 0 Å². The number of nitrogens with zero attached hydrogens (tertiary/aromatic N) is 4. The number of rotatable bonds is 2. The fourth-order valence-electron chi connectivity index (χ4n) is 1.19. The molecule has 2 aromatic rings. The normalized spacial score (nSPS) is 10.6. The molecule has 0 aliphatic carbocycles. The number of hydrogen-bond donors (Lipinski definition) is 2. The van der Waals surface area contributed by atoms with Crippen LogP contribution in [0, 0.1) is 0 Å². The van der Waals surface area contributed by atoms with Gasteiger partial charge in [0, 0.05) is 14.1 Å². The van der Waals surface area contributed by atoms with Crippen LogP contribution in [0.5, 0.6) is 0 Å². The van der Waals surface area contributed by atoms with E-state index in [0.717, 1.165) is 20.9 Å². The topological polar surface area (TPSA) is 136 Å². The summed E-state index contributed by atoms with van der Waals surface area (Å²) in [4.78, 5) is 44.9. The molecular formula is C8H8N6O4S. The number of aromatic nitrogens is 6. The molecule has 2 N–H and O–H groups in total. The minimum absolute atomic E-state index is 0.124. The van der Waals surface area contributed by atoms with Gasteiger partial charge in [0.1, 0.15) is 0 Å². The highest BCUT2D eigenvalue weighted by Gasteiger charge is 2.12. The fourth-order valence-corrected chi connectivity index (χ4v) is 1.97. The monoisotopic (exact) mass is 284 g/mol. The summed E-state index contributed by atoms with van der Waals surface area (Å²) in [6, 6.07) is 0. The van der Waals surface area contributed by atoms with Gasteiger partial charge in [-0.25, -0.2) is 10.2 Å². The van der Waals surface area contributed by atoms with E-state index in [-0.39, 0.29) is 10.3 Å². The van der Waals surface area contributed by atoms with Gasteiger partial charge in [-0.2, -0.15) is 0 Å². The van der Waals surface area contributed by atoms with Crippen molar-refractivity contribution in [3.8, 4) is 0 Å². The van der Waals surface area contributed by atoms with Gasteiger partial charge in [0.25, 0.3) is 0 Å². The van der Waals surface area contributed by atoms with E-state index in [2.05, 4.69) is 10.2 Å². The third-order valence-electron chi connectivity index (χ3n) is 2.26. The summed E-state index contributed by atoms with van der Waals surface area (Å²) < 4.78 is 2.03. The van der Waals surface area contributed by atoms with Gasteiger partial charge in [0.15, 0.2) is 10.3 Å². The molecule has 0 unspecified atom stereocenters. The first kappa shape index (κ1) is 13.0. The van der Waals surface area contributed by atoms with Crippen LogP contribution in [0.4, 0.5) is 0 Å². The molecule has 19 heavy (non-hydrogen) atoms. The molecule has 11 heteroatoms. The van der Waals surface area contributed by atoms with Gasteiger partial charge in [-0.15, -0.1) is 10.2 Å². The molecule has 0 radical (unpaired) electrons. The zero-order valence-electron chi connectivity index (χ0n) is 9.83. The van der Waals surface area contributed by atoms with Crippen LogP contribution in [0.2, 0.25) is 0 Å². The lowest BCUT2D eigenvalue weighted by Crippen LogP contribution is -2.38. The highest BCUT2D eigenvalue weighted by Crippen LogP contribution is 2.18. The number of nitrogens with one attached hydrogen (secondary N) is 2. The van der Waals surface area contributed by atoms with Crippen molar-refractivity contribution >= 4 is 11.8 Å². The van der Waals surface area contributed by atoms with E-state index in [9.17, 15) is 19.2 Å². The summed E-state index contributed by atoms with van der Waals surface area (Å²) in [5.74, 6) is 0. The number of H-pyrrole nitrogens is 2. The maximum absolute atomic E-state index is 11.4. The van der Waals surface area contributed by atoms with Crippen LogP contribution in [0.15, 0.2) is 29.5 Å².